The Morgan fingerprint density at radius 3 is 2.96 bits per heavy atom. The number of aryl methyl sites for hydroxylation is 1. The van der Waals surface area contributed by atoms with Crippen molar-refractivity contribution < 1.29 is 4.79 Å². The molecule has 0 aliphatic carbocycles. The average molecular weight is 394 g/mol. The highest BCUT2D eigenvalue weighted by Crippen LogP contribution is 2.35. The van der Waals surface area contributed by atoms with Crippen LogP contribution in [0.15, 0.2) is 28.7 Å². The Morgan fingerprint density at radius 2 is 2.26 bits per heavy atom. The van der Waals surface area contributed by atoms with Crippen LogP contribution in [0.2, 0.25) is 0 Å². The van der Waals surface area contributed by atoms with E-state index in [0.29, 0.717) is 0 Å². The summed E-state index contributed by atoms with van der Waals surface area (Å²) in [6, 6.07) is 7.99. The minimum absolute atomic E-state index is 0.0290. The first-order valence-electron chi connectivity index (χ1n) is 7.82. The average Bonchev–Trinajstić information content (AvgIpc) is 3.17. The third-order valence-electron chi connectivity index (χ3n) is 4.07. The van der Waals surface area contributed by atoms with Crippen LogP contribution in [0.5, 0.6) is 0 Å². The van der Waals surface area contributed by atoms with E-state index in [4.69, 9.17) is 0 Å². The number of thiazole rings is 1. The molecule has 4 nitrogen and oxygen atoms in total. The van der Waals surface area contributed by atoms with Crippen molar-refractivity contribution in [1.82, 2.24) is 15.6 Å². The van der Waals surface area contributed by atoms with E-state index in [-0.39, 0.29) is 18.0 Å². The Balaban J connectivity index is 1.77. The van der Waals surface area contributed by atoms with Gasteiger partial charge in [0.1, 0.15) is 5.01 Å². The van der Waals surface area contributed by atoms with Gasteiger partial charge in [-0.15, -0.1) is 11.3 Å². The van der Waals surface area contributed by atoms with Crippen LogP contribution in [0.3, 0.4) is 0 Å². The van der Waals surface area contributed by atoms with Gasteiger partial charge < -0.3 is 10.6 Å². The first kappa shape index (κ1) is 16.6. The van der Waals surface area contributed by atoms with Crippen LogP contribution >= 0.6 is 27.3 Å². The third kappa shape index (κ3) is 3.65. The number of carbonyl (C=O) groups excluding carboxylic acids is 1. The lowest BCUT2D eigenvalue weighted by molar-refractivity contribution is -0.123. The molecule has 1 amide bonds. The highest BCUT2D eigenvalue weighted by Gasteiger charge is 2.25. The van der Waals surface area contributed by atoms with Crippen molar-refractivity contribution >= 4 is 33.2 Å². The molecule has 0 saturated carbocycles. The summed E-state index contributed by atoms with van der Waals surface area (Å²) in [6.07, 6.45) is 1.99. The van der Waals surface area contributed by atoms with Crippen LogP contribution in [0.25, 0.3) is 10.6 Å². The number of amides is 1. The molecule has 23 heavy (non-hydrogen) atoms. The van der Waals surface area contributed by atoms with Gasteiger partial charge in [-0.25, -0.2) is 4.98 Å². The van der Waals surface area contributed by atoms with Crippen molar-refractivity contribution in [2.24, 2.45) is 0 Å². The van der Waals surface area contributed by atoms with E-state index in [1.54, 1.807) is 11.3 Å². The number of rotatable bonds is 4. The number of nitrogens with zero attached hydrogens (tertiary/aromatic N) is 1. The molecule has 122 valence electrons. The van der Waals surface area contributed by atoms with Gasteiger partial charge in [-0.05, 0) is 39.3 Å². The molecule has 1 aliphatic rings. The van der Waals surface area contributed by atoms with Gasteiger partial charge >= 0.3 is 0 Å². The topological polar surface area (TPSA) is 54.0 Å². The van der Waals surface area contributed by atoms with Crippen LogP contribution in [-0.4, -0.2) is 23.5 Å². The van der Waals surface area contributed by atoms with Crippen LogP contribution in [0, 0.1) is 6.92 Å². The van der Waals surface area contributed by atoms with Crippen molar-refractivity contribution in [3.05, 3.63) is 39.3 Å². The highest BCUT2D eigenvalue weighted by atomic mass is 79.9. The number of aromatic nitrogens is 1. The normalized spacial score (nSPS) is 18.8. The van der Waals surface area contributed by atoms with E-state index in [9.17, 15) is 4.79 Å². The first-order valence-corrected chi connectivity index (χ1v) is 9.43. The Hall–Kier alpha value is -1.24. The second-order valence-electron chi connectivity index (χ2n) is 5.83. The zero-order valence-corrected chi connectivity index (χ0v) is 15.6. The lowest BCUT2D eigenvalue weighted by Crippen LogP contribution is -2.41. The van der Waals surface area contributed by atoms with Crippen molar-refractivity contribution in [2.45, 2.75) is 38.8 Å². The van der Waals surface area contributed by atoms with Gasteiger partial charge in [0, 0.05) is 10.0 Å². The van der Waals surface area contributed by atoms with Crippen LogP contribution in [0.4, 0.5) is 0 Å². The number of hydrogen-bond acceptors (Lipinski definition) is 4. The monoisotopic (exact) mass is 393 g/mol. The summed E-state index contributed by atoms with van der Waals surface area (Å²) in [5, 5.41) is 7.33. The summed E-state index contributed by atoms with van der Waals surface area (Å²) in [5.74, 6) is 0.0882. The SMILES string of the molecule is Cc1nc(-c2ccccc2Br)sc1C(C)NC(=O)C1CCCN1. The van der Waals surface area contributed by atoms with Crippen LogP contribution in [-0.2, 0) is 4.79 Å². The van der Waals surface area contributed by atoms with Gasteiger partial charge in [0.25, 0.3) is 0 Å². The summed E-state index contributed by atoms with van der Waals surface area (Å²) >= 11 is 5.22. The summed E-state index contributed by atoms with van der Waals surface area (Å²) in [4.78, 5) is 18.1. The van der Waals surface area contributed by atoms with E-state index in [0.717, 1.165) is 45.0 Å². The lowest BCUT2D eigenvalue weighted by atomic mass is 10.2. The molecular weight excluding hydrogens is 374 g/mol. The maximum atomic E-state index is 12.3. The number of nitrogens with one attached hydrogen (secondary N) is 2. The smallest absolute Gasteiger partial charge is 0.237 e. The largest absolute Gasteiger partial charge is 0.347 e. The Bertz CT molecular complexity index is 710. The van der Waals surface area contributed by atoms with Crippen molar-refractivity contribution in [3.63, 3.8) is 0 Å². The molecule has 0 spiro atoms. The molecule has 0 radical (unpaired) electrons. The van der Waals surface area contributed by atoms with E-state index in [2.05, 4.69) is 37.6 Å². The standard InChI is InChI=1S/C17H20BrN3OS/c1-10(20-16(22)14-8-5-9-19-14)15-11(2)21-17(23-15)12-6-3-4-7-13(12)18/h3-4,6-7,10,14,19H,5,8-9H2,1-2H3,(H,20,22). The molecule has 2 atom stereocenters. The minimum atomic E-state index is -0.0478. The maximum absolute atomic E-state index is 12.3. The Kier molecular flexibility index (Phi) is 5.14. The number of benzene rings is 1. The fourth-order valence-corrected chi connectivity index (χ4v) is 4.56. The first-order chi connectivity index (χ1) is 11.1. The molecule has 3 rings (SSSR count). The molecule has 2 heterocycles. The van der Waals surface area contributed by atoms with Gasteiger partial charge in [0.05, 0.1) is 22.7 Å². The molecule has 2 unspecified atom stereocenters. The molecule has 1 aromatic heterocycles. The fourth-order valence-electron chi connectivity index (χ4n) is 2.85. The maximum Gasteiger partial charge on any atom is 0.237 e. The number of carbonyl (C=O) groups is 1. The van der Waals surface area contributed by atoms with Crippen molar-refractivity contribution in [1.29, 1.82) is 0 Å². The summed E-state index contributed by atoms with van der Waals surface area (Å²) in [7, 11) is 0. The molecule has 1 saturated heterocycles. The fraction of sp³-hybridized carbons (Fsp3) is 0.412. The van der Waals surface area contributed by atoms with Gasteiger partial charge in [-0.1, -0.05) is 34.1 Å². The van der Waals surface area contributed by atoms with E-state index in [1.165, 1.54) is 0 Å². The van der Waals surface area contributed by atoms with Gasteiger partial charge in [-0.2, -0.15) is 0 Å². The molecule has 2 N–H and O–H groups in total. The minimum Gasteiger partial charge on any atom is -0.347 e. The Morgan fingerprint density at radius 1 is 1.48 bits per heavy atom. The van der Waals surface area contributed by atoms with Gasteiger partial charge in [0.15, 0.2) is 0 Å². The molecular formula is C17H20BrN3OS. The van der Waals surface area contributed by atoms with Crippen molar-refractivity contribution in [2.75, 3.05) is 6.54 Å². The summed E-state index contributed by atoms with van der Waals surface area (Å²) in [5.41, 5.74) is 2.07. The zero-order chi connectivity index (χ0) is 16.4. The number of halogens is 1. The van der Waals surface area contributed by atoms with E-state index in [1.807, 2.05) is 32.0 Å². The Labute approximate surface area is 148 Å². The van der Waals surface area contributed by atoms with E-state index >= 15 is 0 Å². The zero-order valence-electron chi connectivity index (χ0n) is 13.2. The van der Waals surface area contributed by atoms with Gasteiger partial charge in [0.2, 0.25) is 5.91 Å². The molecule has 1 fully saturated rings. The molecule has 0 bridgehead atoms. The summed E-state index contributed by atoms with van der Waals surface area (Å²) < 4.78 is 1.03. The quantitative estimate of drug-likeness (QED) is 0.829. The molecule has 2 aromatic rings. The van der Waals surface area contributed by atoms with Gasteiger partial charge in [-0.3, -0.25) is 4.79 Å². The third-order valence-corrected chi connectivity index (χ3v) is 6.13. The predicted molar refractivity (Wildman–Crippen MR) is 97.6 cm³/mol. The van der Waals surface area contributed by atoms with Crippen LogP contribution < -0.4 is 10.6 Å². The second-order valence-corrected chi connectivity index (χ2v) is 7.71. The highest BCUT2D eigenvalue weighted by molar-refractivity contribution is 9.10. The van der Waals surface area contributed by atoms with Crippen molar-refractivity contribution in [3.8, 4) is 10.6 Å². The second kappa shape index (κ2) is 7.11. The van der Waals surface area contributed by atoms with Crippen LogP contribution in [0.1, 0.15) is 36.4 Å². The molecule has 6 heteroatoms. The van der Waals surface area contributed by atoms with E-state index < -0.39 is 0 Å². The number of hydrogen-bond donors (Lipinski definition) is 2. The lowest BCUT2D eigenvalue weighted by Gasteiger charge is -2.16. The predicted octanol–water partition coefficient (Wildman–Crippen LogP) is 3.81. The molecule has 1 aromatic carbocycles. The summed E-state index contributed by atoms with van der Waals surface area (Å²) in [6.45, 7) is 4.96. The molecule has 1 aliphatic heterocycles.